The number of ether oxygens (including phenoxy) is 1. The van der Waals surface area contributed by atoms with Crippen LogP contribution < -0.4 is 5.73 Å². The highest BCUT2D eigenvalue weighted by molar-refractivity contribution is 4.63. The van der Waals surface area contributed by atoms with Crippen molar-refractivity contribution < 1.29 is 9.84 Å². The van der Waals surface area contributed by atoms with E-state index in [0.29, 0.717) is 6.54 Å². The zero-order valence-electron chi connectivity index (χ0n) is 7.58. The van der Waals surface area contributed by atoms with E-state index in [1.54, 1.807) is 6.92 Å². The van der Waals surface area contributed by atoms with Crippen molar-refractivity contribution in [2.24, 2.45) is 5.73 Å². The molecule has 0 bridgehead atoms. The largest absolute Gasteiger partial charge is 0.391 e. The van der Waals surface area contributed by atoms with Crippen LogP contribution in [0.2, 0.25) is 0 Å². The molecule has 0 radical (unpaired) electrons. The summed E-state index contributed by atoms with van der Waals surface area (Å²) in [5.74, 6) is 0. The summed E-state index contributed by atoms with van der Waals surface area (Å²) in [4.78, 5) is 0. The molecule has 3 nitrogen and oxygen atoms in total. The molecule has 0 aliphatic heterocycles. The lowest BCUT2D eigenvalue weighted by Crippen LogP contribution is -2.32. The van der Waals surface area contributed by atoms with E-state index in [9.17, 15) is 0 Å². The van der Waals surface area contributed by atoms with Crippen molar-refractivity contribution in [3.05, 3.63) is 0 Å². The van der Waals surface area contributed by atoms with E-state index in [-0.39, 0.29) is 12.2 Å². The third-order valence-corrected chi connectivity index (χ3v) is 1.80. The first-order valence-corrected chi connectivity index (χ1v) is 4.15. The fourth-order valence-electron chi connectivity index (χ4n) is 0.736. The lowest BCUT2D eigenvalue weighted by atomic mass is 10.2. The summed E-state index contributed by atoms with van der Waals surface area (Å²) < 4.78 is 5.44. The van der Waals surface area contributed by atoms with Gasteiger partial charge in [0.15, 0.2) is 0 Å². The van der Waals surface area contributed by atoms with Gasteiger partial charge in [-0.15, -0.1) is 0 Å². The van der Waals surface area contributed by atoms with Gasteiger partial charge in [0, 0.05) is 6.54 Å². The van der Waals surface area contributed by atoms with Crippen LogP contribution in [0.5, 0.6) is 0 Å². The molecule has 0 heterocycles. The SMILES string of the molecule is CCC(CN)OC(C)C(C)O. The molecule has 11 heavy (non-hydrogen) atoms. The maximum Gasteiger partial charge on any atom is 0.0807 e. The third-order valence-electron chi connectivity index (χ3n) is 1.80. The van der Waals surface area contributed by atoms with Crippen molar-refractivity contribution in [2.45, 2.75) is 45.5 Å². The number of hydrogen-bond donors (Lipinski definition) is 2. The Labute approximate surface area is 68.5 Å². The van der Waals surface area contributed by atoms with Crippen LogP contribution in [0.4, 0.5) is 0 Å². The first kappa shape index (κ1) is 10.9. The first-order valence-electron chi connectivity index (χ1n) is 4.15. The Morgan fingerprint density at radius 2 is 2.00 bits per heavy atom. The van der Waals surface area contributed by atoms with Gasteiger partial charge < -0.3 is 15.6 Å². The quantitative estimate of drug-likeness (QED) is 0.617. The van der Waals surface area contributed by atoms with Crippen LogP contribution >= 0.6 is 0 Å². The van der Waals surface area contributed by atoms with Crippen LogP contribution in [0.3, 0.4) is 0 Å². The average molecular weight is 161 g/mol. The minimum Gasteiger partial charge on any atom is -0.391 e. The molecule has 0 rings (SSSR count). The molecule has 3 N–H and O–H groups in total. The topological polar surface area (TPSA) is 55.5 Å². The van der Waals surface area contributed by atoms with E-state index in [1.165, 1.54) is 0 Å². The minimum atomic E-state index is -0.421. The Kier molecular flexibility index (Phi) is 5.46. The number of rotatable bonds is 5. The van der Waals surface area contributed by atoms with Gasteiger partial charge in [-0.1, -0.05) is 6.92 Å². The predicted molar refractivity (Wildman–Crippen MR) is 45.4 cm³/mol. The number of aliphatic hydroxyl groups is 1. The summed E-state index contributed by atoms with van der Waals surface area (Å²) in [6, 6.07) is 0. The molecule has 0 spiro atoms. The van der Waals surface area contributed by atoms with Gasteiger partial charge in [-0.3, -0.25) is 0 Å². The molecule has 3 heteroatoms. The molecular weight excluding hydrogens is 142 g/mol. The molecule has 0 aliphatic rings. The summed E-state index contributed by atoms with van der Waals surface area (Å²) >= 11 is 0. The molecule has 0 amide bonds. The summed E-state index contributed by atoms with van der Waals surface area (Å²) in [6.45, 7) is 6.11. The zero-order valence-corrected chi connectivity index (χ0v) is 7.58. The summed E-state index contributed by atoms with van der Waals surface area (Å²) in [6.07, 6.45) is 0.437. The van der Waals surface area contributed by atoms with Crippen LogP contribution in [0.1, 0.15) is 27.2 Å². The maximum absolute atomic E-state index is 9.09. The Morgan fingerprint density at radius 1 is 1.45 bits per heavy atom. The second-order valence-electron chi connectivity index (χ2n) is 2.85. The van der Waals surface area contributed by atoms with Crippen molar-refractivity contribution in [2.75, 3.05) is 6.54 Å². The van der Waals surface area contributed by atoms with Crippen molar-refractivity contribution in [1.29, 1.82) is 0 Å². The molecule has 3 atom stereocenters. The fourth-order valence-corrected chi connectivity index (χ4v) is 0.736. The van der Waals surface area contributed by atoms with E-state index in [4.69, 9.17) is 15.6 Å². The van der Waals surface area contributed by atoms with Crippen molar-refractivity contribution in [3.63, 3.8) is 0 Å². The monoisotopic (exact) mass is 161 g/mol. The highest BCUT2D eigenvalue weighted by Gasteiger charge is 2.13. The lowest BCUT2D eigenvalue weighted by molar-refractivity contribution is -0.0584. The van der Waals surface area contributed by atoms with Gasteiger partial charge in [-0.2, -0.15) is 0 Å². The van der Waals surface area contributed by atoms with Crippen molar-refractivity contribution in [1.82, 2.24) is 0 Å². The Balaban J connectivity index is 3.62. The van der Waals surface area contributed by atoms with Gasteiger partial charge in [0.1, 0.15) is 0 Å². The Hall–Kier alpha value is -0.120. The van der Waals surface area contributed by atoms with Crippen LogP contribution in [0, 0.1) is 0 Å². The standard InChI is InChI=1S/C8H19NO2/c1-4-8(5-9)11-7(3)6(2)10/h6-8,10H,4-5,9H2,1-3H3. The molecular formula is C8H19NO2. The van der Waals surface area contributed by atoms with E-state index in [1.807, 2.05) is 13.8 Å². The molecule has 0 aromatic heterocycles. The maximum atomic E-state index is 9.09. The van der Waals surface area contributed by atoms with Crippen molar-refractivity contribution in [3.8, 4) is 0 Å². The molecule has 0 aromatic carbocycles. The first-order chi connectivity index (χ1) is 5.11. The summed E-state index contributed by atoms with van der Waals surface area (Å²) in [5, 5.41) is 9.09. The molecule has 0 fully saturated rings. The van der Waals surface area contributed by atoms with Gasteiger partial charge in [0.25, 0.3) is 0 Å². The van der Waals surface area contributed by atoms with E-state index in [0.717, 1.165) is 6.42 Å². The number of aliphatic hydroxyl groups excluding tert-OH is 1. The third kappa shape index (κ3) is 4.35. The van der Waals surface area contributed by atoms with Crippen LogP contribution in [0.25, 0.3) is 0 Å². The van der Waals surface area contributed by atoms with E-state index in [2.05, 4.69) is 0 Å². The van der Waals surface area contributed by atoms with Gasteiger partial charge in [-0.25, -0.2) is 0 Å². The van der Waals surface area contributed by atoms with Gasteiger partial charge >= 0.3 is 0 Å². The highest BCUT2D eigenvalue weighted by Crippen LogP contribution is 2.04. The predicted octanol–water partition coefficient (Wildman–Crippen LogP) is 0.510. The number of nitrogens with two attached hydrogens (primary N) is 1. The summed E-state index contributed by atoms with van der Waals surface area (Å²) in [5.41, 5.74) is 5.43. The summed E-state index contributed by atoms with van der Waals surface area (Å²) in [7, 11) is 0. The number of hydrogen-bond acceptors (Lipinski definition) is 3. The molecule has 0 saturated carbocycles. The zero-order chi connectivity index (χ0) is 8.85. The van der Waals surface area contributed by atoms with Gasteiger partial charge in [-0.05, 0) is 20.3 Å². The Bertz CT molecular complexity index is 92.1. The fraction of sp³-hybridized carbons (Fsp3) is 1.00. The van der Waals surface area contributed by atoms with E-state index >= 15 is 0 Å². The lowest BCUT2D eigenvalue weighted by Gasteiger charge is -2.21. The second-order valence-corrected chi connectivity index (χ2v) is 2.85. The smallest absolute Gasteiger partial charge is 0.0807 e. The van der Waals surface area contributed by atoms with Crippen LogP contribution in [0.15, 0.2) is 0 Å². The van der Waals surface area contributed by atoms with Crippen molar-refractivity contribution >= 4 is 0 Å². The molecule has 0 aromatic rings. The second kappa shape index (κ2) is 5.52. The molecule has 0 aliphatic carbocycles. The van der Waals surface area contributed by atoms with Crippen LogP contribution in [-0.2, 0) is 4.74 Å². The normalized spacial score (nSPS) is 19.4. The van der Waals surface area contributed by atoms with Gasteiger partial charge in [0.2, 0.25) is 0 Å². The highest BCUT2D eigenvalue weighted by atomic mass is 16.5. The Morgan fingerprint density at radius 3 is 2.27 bits per heavy atom. The van der Waals surface area contributed by atoms with E-state index < -0.39 is 6.10 Å². The average Bonchev–Trinajstić information content (AvgIpc) is 1.99. The minimum absolute atomic E-state index is 0.0830. The van der Waals surface area contributed by atoms with Gasteiger partial charge in [0.05, 0.1) is 18.3 Å². The molecule has 68 valence electrons. The molecule has 0 saturated heterocycles. The van der Waals surface area contributed by atoms with Crippen LogP contribution in [-0.4, -0.2) is 30.0 Å². The molecule has 3 unspecified atom stereocenters.